The Morgan fingerprint density at radius 3 is 2.67 bits per heavy atom. The van der Waals surface area contributed by atoms with Crippen LogP contribution in [0, 0.1) is 0 Å². The molecule has 21 heavy (non-hydrogen) atoms. The van der Waals surface area contributed by atoms with E-state index in [0.29, 0.717) is 35.6 Å². The molecule has 0 fully saturated rings. The highest BCUT2D eigenvalue weighted by atomic mass is 35.5. The van der Waals surface area contributed by atoms with E-state index in [1.54, 1.807) is 24.3 Å². The summed E-state index contributed by atoms with van der Waals surface area (Å²) in [5.74, 6) is -0.237. The number of carbonyl (C=O) groups is 2. The smallest absolute Gasteiger partial charge is 0.296 e. The first-order chi connectivity index (χ1) is 10.1. The summed E-state index contributed by atoms with van der Waals surface area (Å²) < 4.78 is 4.94. The van der Waals surface area contributed by atoms with Gasteiger partial charge in [0.25, 0.3) is 5.91 Å². The Hall–Kier alpha value is -2.18. The maximum Gasteiger partial charge on any atom is 0.296 e. The zero-order chi connectivity index (χ0) is 15.2. The Labute approximate surface area is 125 Å². The first-order valence-electron chi connectivity index (χ1n) is 6.29. The number of hydroxylamine groups is 1. The molecule has 2 rings (SSSR count). The number of aromatic nitrogens is 1. The third kappa shape index (κ3) is 4.14. The van der Waals surface area contributed by atoms with Crippen molar-refractivity contribution in [3.8, 4) is 0 Å². The van der Waals surface area contributed by atoms with Crippen molar-refractivity contribution in [2.75, 3.05) is 0 Å². The van der Waals surface area contributed by atoms with Crippen LogP contribution in [0.25, 0.3) is 0 Å². The molecular formula is C14H13ClN2O4. The molecule has 1 amide bonds. The van der Waals surface area contributed by atoms with E-state index >= 15 is 0 Å². The average molecular weight is 309 g/mol. The van der Waals surface area contributed by atoms with E-state index in [2.05, 4.69) is 5.16 Å². The molecule has 1 aromatic carbocycles. The summed E-state index contributed by atoms with van der Waals surface area (Å²) in [5.41, 5.74) is 2.07. The summed E-state index contributed by atoms with van der Waals surface area (Å²) in [7, 11) is 0. The Morgan fingerprint density at radius 2 is 2.00 bits per heavy atom. The van der Waals surface area contributed by atoms with Gasteiger partial charge in [-0.25, -0.2) is 5.48 Å². The molecule has 110 valence electrons. The van der Waals surface area contributed by atoms with E-state index in [9.17, 15) is 9.59 Å². The lowest BCUT2D eigenvalue weighted by molar-refractivity contribution is 0.0696. The maximum atomic E-state index is 11.9. The van der Waals surface area contributed by atoms with E-state index in [0.717, 1.165) is 0 Å². The molecule has 2 aromatic rings. The summed E-state index contributed by atoms with van der Waals surface area (Å²) >= 11 is 5.76. The number of rotatable bonds is 6. The van der Waals surface area contributed by atoms with E-state index in [1.807, 2.05) is 0 Å². The monoisotopic (exact) mass is 308 g/mol. The molecule has 0 bridgehead atoms. The predicted molar refractivity (Wildman–Crippen MR) is 74.5 cm³/mol. The van der Waals surface area contributed by atoms with Gasteiger partial charge in [0.15, 0.2) is 11.5 Å². The fourth-order valence-electron chi connectivity index (χ4n) is 1.80. The number of hydrogen-bond acceptors (Lipinski definition) is 5. The molecule has 0 aliphatic rings. The summed E-state index contributed by atoms with van der Waals surface area (Å²) in [6, 6.07) is 8.14. The molecule has 7 heteroatoms. The molecule has 0 saturated carbocycles. The summed E-state index contributed by atoms with van der Waals surface area (Å²) in [6.45, 7) is 0. The van der Waals surface area contributed by atoms with Crippen molar-refractivity contribution in [3.05, 3.63) is 52.4 Å². The molecule has 0 aliphatic carbocycles. The topological polar surface area (TPSA) is 92.4 Å². The van der Waals surface area contributed by atoms with Crippen LogP contribution in [0.4, 0.5) is 0 Å². The van der Waals surface area contributed by atoms with Crippen molar-refractivity contribution in [3.63, 3.8) is 0 Å². The number of amides is 1. The van der Waals surface area contributed by atoms with Gasteiger partial charge in [-0.2, -0.15) is 0 Å². The van der Waals surface area contributed by atoms with Crippen molar-refractivity contribution >= 4 is 23.3 Å². The zero-order valence-corrected chi connectivity index (χ0v) is 11.8. The van der Waals surface area contributed by atoms with Crippen LogP contribution < -0.4 is 5.48 Å². The predicted octanol–water partition coefficient (Wildman–Crippen LogP) is 2.65. The number of halogens is 1. The molecule has 0 unspecified atom stereocenters. The largest absolute Gasteiger partial charge is 0.361 e. The van der Waals surface area contributed by atoms with Crippen LogP contribution in [0.5, 0.6) is 0 Å². The lowest BCUT2D eigenvalue weighted by Gasteiger charge is -2.00. The third-order valence-corrected chi connectivity index (χ3v) is 3.14. The molecular weight excluding hydrogens is 296 g/mol. The third-order valence-electron chi connectivity index (χ3n) is 2.89. The van der Waals surface area contributed by atoms with Crippen molar-refractivity contribution in [2.45, 2.75) is 19.3 Å². The van der Waals surface area contributed by atoms with E-state index in [4.69, 9.17) is 21.3 Å². The molecule has 1 heterocycles. The van der Waals surface area contributed by atoms with E-state index in [1.165, 1.54) is 11.5 Å². The minimum atomic E-state index is -0.734. The zero-order valence-electron chi connectivity index (χ0n) is 11.0. The first-order valence-corrected chi connectivity index (χ1v) is 6.66. The van der Waals surface area contributed by atoms with E-state index < -0.39 is 5.91 Å². The second kappa shape index (κ2) is 7.01. The van der Waals surface area contributed by atoms with Crippen molar-refractivity contribution in [2.24, 2.45) is 0 Å². The fraction of sp³-hybridized carbons (Fsp3) is 0.214. The van der Waals surface area contributed by atoms with Gasteiger partial charge < -0.3 is 4.52 Å². The molecule has 0 atom stereocenters. The van der Waals surface area contributed by atoms with Crippen LogP contribution in [0.1, 0.15) is 39.4 Å². The van der Waals surface area contributed by atoms with Crippen molar-refractivity contribution in [1.29, 1.82) is 0 Å². The van der Waals surface area contributed by atoms with Gasteiger partial charge in [-0.15, -0.1) is 0 Å². The number of ketones is 1. The molecule has 0 radical (unpaired) electrons. The normalized spacial score (nSPS) is 10.4. The van der Waals surface area contributed by atoms with Crippen LogP contribution >= 0.6 is 11.6 Å². The van der Waals surface area contributed by atoms with Gasteiger partial charge in [0.05, 0.1) is 0 Å². The molecule has 0 saturated heterocycles. The quantitative estimate of drug-likeness (QED) is 0.486. The van der Waals surface area contributed by atoms with Gasteiger partial charge in [0, 0.05) is 29.5 Å². The second-order valence-electron chi connectivity index (χ2n) is 4.40. The number of nitrogens with zero attached hydrogens (tertiary/aromatic N) is 1. The number of hydrogen-bond donors (Lipinski definition) is 2. The van der Waals surface area contributed by atoms with Crippen LogP contribution in [-0.4, -0.2) is 22.1 Å². The number of aryl methyl sites for hydroxylation is 1. The van der Waals surface area contributed by atoms with Crippen LogP contribution in [0.3, 0.4) is 0 Å². The molecule has 0 spiro atoms. The number of carbonyl (C=O) groups excluding carboxylic acids is 2. The Bertz CT molecular complexity index is 637. The number of nitrogens with one attached hydrogen (secondary N) is 1. The van der Waals surface area contributed by atoms with Gasteiger partial charge in [0.2, 0.25) is 0 Å². The van der Waals surface area contributed by atoms with Gasteiger partial charge in [-0.05, 0) is 30.7 Å². The highest BCUT2D eigenvalue weighted by Gasteiger charge is 2.12. The van der Waals surface area contributed by atoms with Gasteiger partial charge in [-0.1, -0.05) is 16.8 Å². The minimum absolute atomic E-state index is 0.00322. The lowest BCUT2D eigenvalue weighted by atomic mass is 10.0. The fourth-order valence-corrected chi connectivity index (χ4v) is 1.92. The molecule has 0 aliphatic heterocycles. The SMILES string of the molecule is O=C(CCCc1cc(C(=O)NO)no1)c1ccc(Cl)cc1. The standard InChI is InChI=1S/C14H13ClN2O4/c15-10-6-4-9(5-7-10)13(18)3-1-2-11-8-12(17-21-11)14(19)16-20/h4-8,20H,1-3H2,(H,16,19). The minimum Gasteiger partial charge on any atom is -0.361 e. The van der Waals surface area contributed by atoms with Gasteiger partial charge in [-0.3, -0.25) is 14.8 Å². The molecule has 2 N–H and O–H groups in total. The number of Topliss-reactive ketones (excluding diaryl/α,β-unsaturated/α-hetero) is 1. The molecule has 1 aromatic heterocycles. The van der Waals surface area contributed by atoms with Gasteiger partial charge >= 0.3 is 0 Å². The highest BCUT2D eigenvalue weighted by Crippen LogP contribution is 2.13. The average Bonchev–Trinajstić information content (AvgIpc) is 2.96. The second-order valence-corrected chi connectivity index (χ2v) is 4.84. The van der Waals surface area contributed by atoms with Gasteiger partial charge in [0.1, 0.15) is 5.76 Å². The summed E-state index contributed by atoms with van der Waals surface area (Å²) in [6.07, 6.45) is 1.39. The first kappa shape index (κ1) is 15.2. The Kier molecular flexibility index (Phi) is 5.08. The molecule has 6 nitrogen and oxygen atoms in total. The number of benzene rings is 1. The van der Waals surface area contributed by atoms with Crippen LogP contribution in [0.15, 0.2) is 34.9 Å². The van der Waals surface area contributed by atoms with Crippen LogP contribution in [-0.2, 0) is 6.42 Å². The van der Waals surface area contributed by atoms with E-state index in [-0.39, 0.29) is 11.5 Å². The highest BCUT2D eigenvalue weighted by molar-refractivity contribution is 6.30. The summed E-state index contributed by atoms with van der Waals surface area (Å²) in [5, 5.41) is 12.5. The summed E-state index contributed by atoms with van der Waals surface area (Å²) in [4.78, 5) is 23.0. The maximum absolute atomic E-state index is 11.9. The van der Waals surface area contributed by atoms with Crippen LogP contribution in [0.2, 0.25) is 5.02 Å². The Balaban J connectivity index is 1.84. The Morgan fingerprint density at radius 1 is 1.29 bits per heavy atom. The van der Waals surface area contributed by atoms with Crippen molar-refractivity contribution in [1.82, 2.24) is 10.6 Å². The van der Waals surface area contributed by atoms with Crippen molar-refractivity contribution < 1.29 is 19.3 Å². The lowest BCUT2D eigenvalue weighted by Crippen LogP contribution is -2.18.